The summed E-state index contributed by atoms with van der Waals surface area (Å²) in [7, 11) is 2.02. The fourth-order valence-electron chi connectivity index (χ4n) is 1.11. The van der Waals surface area contributed by atoms with Crippen LogP contribution in [0.15, 0.2) is 30.3 Å². The molecule has 4 heteroatoms. The third-order valence-corrected chi connectivity index (χ3v) is 1.83. The number of terminal acetylenes is 1. The maximum Gasteiger partial charge on any atom is 0.317 e. The number of carboxylic acids is 1. The van der Waals surface area contributed by atoms with Gasteiger partial charge in [-0.05, 0) is 12.6 Å². The van der Waals surface area contributed by atoms with Gasteiger partial charge in [-0.1, -0.05) is 36.3 Å². The summed E-state index contributed by atoms with van der Waals surface area (Å²) in [5, 5.41) is 7.60. The average molecular weight is 234 g/mol. The van der Waals surface area contributed by atoms with E-state index in [-0.39, 0.29) is 6.54 Å². The van der Waals surface area contributed by atoms with Crippen molar-refractivity contribution >= 4 is 5.97 Å². The fraction of sp³-hybridized carbons (Fsp3) is 0.308. The molecule has 0 radical (unpaired) electrons. The predicted octanol–water partition coefficient (Wildman–Crippen LogP) is 0.781. The Morgan fingerprint density at radius 3 is 2.41 bits per heavy atom. The number of aliphatic carboxylic acids is 1. The van der Waals surface area contributed by atoms with Crippen molar-refractivity contribution in [2.24, 2.45) is 5.73 Å². The molecule has 0 atom stereocenters. The minimum absolute atomic E-state index is 0.278. The molecule has 0 heterocycles. The van der Waals surface area contributed by atoms with E-state index in [1.54, 1.807) is 0 Å². The molecule has 4 nitrogen and oxygen atoms in total. The first-order valence-corrected chi connectivity index (χ1v) is 5.18. The SMILES string of the molecule is C#CCN(C)Cc1ccccc1.NCC(=O)O. The van der Waals surface area contributed by atoms with E-state index in [9.17, 15) is 4.79 Å². The van der Waals surface area contributed by atoms with E-state index in [4.69, 9.17) is 11.5 Å². The molecule has 3 N–H and O–H groups in total. The molecule has 1 rings (SSSR count). The molecular weight excluding hydrogens is 216 g/mol. The van der Waals surface area contributed by atoms with Crippen LogP contribution in [-0.4, -0.2) is 36.1 Å². The number of nitrogens with zero attached hydrogens (tertiary/aromatic N) is 1. The molecular formula is C13H18N2O2. The molecule has 17 heavy (non-hydrogen) atoms. The first-order chi connectivity index (χ1) is 8.10. The van der Waals surface area contributed by atoms with E-state index >= 15 is 0 Å². The zero-order valence-corrected chi connectivity index (χ0v) is 9.97. The molecule has 0 amide bonds. The van der Waals surface area contributed by atoms with Crippen LogP contribution in [0.25, 0.3) is 0 Å². The monoisotopic (exact) mass is 234 g/mol. The minimum atomic E-state index is -0.968. The van der Waals surface area contributed by atoms with Crippen LogP contribution in [0.5, 0.6) is 0 Å². The number of nitrogens with two attached hydrogens (primary N) is 1. The van der Waals surface area contributed by atoms with E-state index in [0.717, 1.165) is 6.54 Å². The van der Waals surface area contributed by atoms with E-state index in [1.807, 2.05) is 25.2 Å². The topological polar surface area (TPSA) is 66.6 Å². The van der Waals surface area contributed by atoms with Gasteiger partial charge in [-0.25, -0.2) is 0 Å². The second-order valence-corrected chi connectivity index (χ2v) is 3.46. The first kappa shape index (κ1) is 15.2. The summed E-state index contributed by atoms with van der Waals surface area (Å²) in [4.78, 5) is 11.3. The molecule has 1 aromatic rings. The van der Waals surface area contributed by atoms with Crippen molar-refractivity contribution < 1.29 is 9.90 Å². The van der Waals surface area contributed by atoms with E-state index in [0.29, 0.717) is 6.54 Å². The highest BCUT2D eigenvalue weighted by Gasteiger charge is 1.95. The molecule has 0 spiro atoms. The molecule has 0 saturated heterocycles. The third kappa shape index (κ3) is 9.12. The summed E-state index contributed by atoms with van der Waals surface area (Å²) in [5.41, 5.74) is 5.87. The Labute approximate surface area is 102 Å². The summed E-state index contributed by atoms with van der Waals surface area (Å²) >= 11 is 0. The van der Waals surface area contributed by atoms with Gasteiger partial charge in [0.05, 0.1) is 13.1 Å². The molecule has 0 aliphatic heterocycles. The Morgan fingerprint density at radius 1 is 1.47 bits per heavy atom. The zero-order chi connectivity index (χ0) is 13.1. The molecule has 0 fully saturated rings. The third-order valence-electron chi connectivity index (χ3n) is 1.83. The van der Waals surface area contributed by atoms with Gasteiger partial charge in [0, 0.05) is 6.54 Å². The zero-order valence-electron chi connectivity index (χ0n) is 9.97. The lowest BCUT2D eigenvalue weighted by atomic mass is 10.2. The lowest BCUT2D eigenvalue weighted by Crippen LogP contribution is -2.17. The standard InChI is InChI=1S/C11H13N.C2H5NO2/c1-3-9-12(2)10-11-7-5-4-6-8-11;3-1-2(4)5/h1,4-8H,9-10H2,2H3;1,3H2,(H,4,5). The van der Waals surface area contributed by atoms with Gasteiger partial charge in [0.2, 0.25) is 0 Å². The van der Waals surface area contributed by atoms with Gasteiger partial charge >= 0.3 is 5.97 Å². The van der Waals surface area contributed by atoms with Crippen molar-refractivity contribution in [3.05, 3.63) is 35.9 Å². The van der Waals surface area contributed by atoms with Crippen molar-refractivity contribution in [3.8, 4) is 12.3 Å². The van der Waals surface area contributed by atoms with Gasteiger partial charge in [0.25, 0.3) is 0 Å². The molecule has 0 aliphatic rings. The van der Waals surface area contributed by atoms with Crippen LogP contribution in [0.1, 0.15) is 5.56 Å². The maximum absolute atomic E-state index is 9.24. The van der Waals surface area contributed by atoms with Gasteiger partial charge in [0.15, 0.2) is 0 Å². The first-order valence-electron chi connectivity index (χ1n) is 5.18. The van der Waals surface area contributed by atoms with Crippen LogP contribution in [0.4, 0.5) is 0 Å². The lowest BCUT2D eigenvalue weighted by Gasteiger charge is -2.12. The van der Waals surface area contributed by atoms with Gasteiger partial charge in [-0.15, -0.1) is 6.42 Å². The second kappa shape index (κ2) is 9.40. The highest BCUT2D eigenvalue weighted by molar-refractivity contribution is 5.68. The number of hydrogen-bond acceptors (Lipinski definition) is 3. The van der Waals surface area contributed by atoms with Gasteiger partial charge in [-0.2, -0.15) is 0 Å². The second-order valence-electron chi connectivity index (χ2n) is 3.46. The number of carboxylic acid groups (broad SMARTS) is 1. The number of carbonyl (C=O) groups is 1. The maximum atomic E-state index is 9.24. The summed E-state index contributed by atoms with van der Waals surface area (Å²) in [5.74, 6) is 1.65. The lowest BCUT2D eigenvalue weighted by molar-refractivity contribution is -0.135. The summed E-state index contributed by atoms with van der Waals surface area (Å²) < 4.78 is 0. The van der Waals surface area contributed by atoms with Crippen molar-refractivity contribution in [2.45, 2.75) is 6.54 Å². The molecule has 0 unspecified atom stereocenters. The van der Waals surface area contributed by atoms with Crippen molar-refractivity contribution in [2.75, 3.05) is 20.1 Å². The largest absolute Gasteiger partial charge is 0.480 e. The molecule has 1 aromatic carbocycles. The van der Waals surface area contributed by atoms with Gasteiger partial charge in [0.1, 0.15) is 0 Å². The van der Waals surface area contributed by atoms with Gasteiger partial charge in [-0.3, -0.25) is 9.69 Å². The molecule has 0 aliphatic carbocycles. The highest BCUT2D eigenvalue weighted by Crippen LogP contribution is 2.01. The van der Waals surface area contributed by atoms with Crippen molar-refractivity contribution in [1.82, 2.24) is 4.90 Å². The van der Waals surface area contributed by atoms with E-state index in [2.05, 4.69) is 28.7 Å². The Bertz CT molecular complexity index is 357. The van der Waals surface area contributed by atoms with Crippen LogP contribution in [-0.2, 0) is 11.3 Å². The molecule has 0 bridgehead atoms. The van der Waals surface area contributed by atoms with Gasteiger partial charge < -0.3 is 10.8 Å². The van der Waals surface area contributed by atoms with Crippen LogP contribution in [0.2, 0.25) is 0 Å². The van der Waals surface area contributed by atoms with Crippen LogP contribution >= 0.6 is 0 Å². The molecule has 92 valence electrons. The summed E-state index contributed by atoms with van der Waals surface area (Å²) in [6, 6.07) is 10.3. The van der Waals surface area contributed by atoms with Crippen LogP contribution < -0.4 is 5.73 Å². The number of hydrogen-bond donors (Lipinski definition) is 2. The Morgan fingerprint density at radius 2 is 2.00 bits per heavy atom. The van der Waals surface area contributed by atoms with Crippen LogP contribution in [0.3, 0.4) is 0 Å². The smallest absolute Gasteiger partial charge is 0.317 e. The summed E-state index contributed by atoms with van der Waals surface area (Å²) in [6.07, 6.45) is 5.19. The summed E-state index contributed by atoms with van der Waals surface area (Å²) in [6.45, 7) is 1.35. The number of benzene rings is 1. The van der Waals surface area contributed by atoms with Crippen molar-refractivity contribution in [3.63, 3.8) is 0 Å². The highest BCUT2D eigenvalue weighted by atomic mass is 16.4. The average Bonchev–Trinajstić information content (AvgIpc) is 2.31. The Hall–Kier alpha value is -1.83. The van der Waals surface area contributed by atoms with Crippen LogP contribution in [0, 0.1) is 12.3 Å². The fourth-order valence-corrected chi connectivity index (χ4v) is 1.11. The molecule has 0 saturated carbocycles. The normalized spacial score (nSPS) is 9.06. The predicted molar refractivity (Wildman–Crippen MR) is 68.3 cm³/mol. The molecule has 0 aromatic heterocycles. The van der Waals surface area contributed by atoms with E-state index < -0.39 is 5.97 Å². The Balaban J connectivity index is 0.000000437. The van der Waals surface area contributed by atoms with E-state index in [1.165, 1.54) is 5.56 Å². The van der Waals surface area contributed by atoms with Crippen molar-refractivity contribution in [1.29, 1.82) is 0 Å². The Kier molecular flexibility index (Phi) is 8.39. The minimum Gasteiger partial charge on any atom is -0.480 e. The quantitative estimate of drug-likeness (QED) is 0.756. The number of rotatable bonds is 4.